The fraction of sp³-hybridized carbons (Fsp3) is 0.286. The maximum atomic E-state index is 11.7. The number of ether oxygens (including phenoxy) is 2. The summed E-state index contributed by atoms with van der Waals surface area (Å²) in [5.74, 6) is 1.21. The maximum Gasteiger partial charge on any atom is 0.248 e. The number of H-pyrrole nitrogens is 1. The van der Waals surface area contributed by atoms with Crippen LogP contribution in [0.15, 0.2) is 58.2 Å². The first kappa shape index (κ1) is 21.0. The van der Waals surface area contributed by atoms with Crippen molar-refractivity contribution in [3.63, 3.8) is 0 Å². The van der Waals surface area contributed by atoms with Gasteiger partial charge in [-0.15, -0.1) is 0 Å². The number of aromatic amines is 1. The molecule has 0 amide bonds. The van der Waals surface area contributed by atoms with E-state index in [2.05, 4.69) is 10.3 Å². The van der Waals surface area contributed by atoms with E-state index in [9.17, 15) is 14.1 Å². The molecule has 0 spiro atoms. The normalized spacial score (nSPS) is 13.2. The lowest BCUT2D eigenvalue weighted by molar-refractivity contribution is 0.106. The third-order valence-electron chi connectivity index (χ3n) is 4.38. The van der Waals surface area contributed by atoms with E-state index in [4.69, 9.17) is 9.47 Å². The van der Waals surface area contributed by atoms with Crippen molar-refractivity contribution in [2.75, 3.05) is 26.5 Å². The second-order valence-corrected chi connectivity index (χ2v) is 7.95. The van der Waals surface area contributed by atoms with Crippen LogP contribution in [-0.2, 0) is 17.3 Å². The zero-order chi connectivity index (χ0) is 20.8. The Balaban J connectivity index is 1.49. The van der Waals surface area contributed by atoms with Gasteiger partial charge < -0.3 is 24.9 Å². The molecule has 0 saturated heterocycles. The summed E-state index contributed by atoms with van der Waals surface area (Å²) in [4.78, 5) is 14.7. The Hall–Kier alpha value is -2.68. The summed E-state index contributed by atoms with van der Waals surface area (Å²) >= 11 is 0. The summed E-state index contributed by atoms with van der Waals surface area (Å²) in [5, 5.41) is 14.2. The smallest absolute Gasteiger partial charge is 0.248 e. The van der Waals surface area contributed by atoms with Crippen LogP contribution in [0.4, 0.5) is 0 Å². The number of methoxy groups -OCH3 is 1. The molecule has 0 saturated carbocycles. The highest BCUT2D eigenvalue weighted by molar-refractivity contribution is 7.84. The molecule has 2 atom stereocenters. The quantitative estimate of drug-likeness (QED) is 0.492. The molecule has 3 N–H and O–H groups in total. The number of nitrogens with one attached hydrogen (secondary N) is 2. The van der Waals surface area contributed by atoms with Gasteiger partial charge in [0.2, 0.25) is 5.56 Å². The lowest BCUT2D eigenvalue weighted by atomic mass is 10.2. The fourth-order valence-corrected chi connectivity index (χ4v) is 3.60. The van der Waals surface area contributed by atoms with Gasteiger partial charge in [0.25, 0.3) is 0 Å². The minimum atomic E-state index is -1.11. The fourth-order valence-electron chi connectivity index (χ4n) is 2.92. The summed E-state index contributed by atoms with van der Waals surface area (Å²) in [6.45, 7) is 1.02. The van der Waals surface area contributed by atoms with Crippen molar-refractivity contribution in [1.29, 1.82) is 0 Å². The molecule has 8 heteroatoms. The maximum absolute atomic E-state index is 11.7. The highest BCUT2D eigenvalue weighted by Crippen LogP contribution is 2.23. The van der Waals surface area contributed by atoms with Gasteiger partial charge in [0.1, 0.15) is 24.2 Å². The average molecular weight is 416 g/mol. The summed E-state index contributed by atoms with van der Waals surface area (Å²) < 4.78 is 22.6. The van der Waals surface area contributed by atoms with Gasteiger partial charge in [0, 0.05) is 36.3 Å². The SMILES string of the molecule is COc1cc(CNCC(O)COc2ccc3[nH]c(=O)ccc3c2)ccc1S(C)=O. The Kier molecular flexibility index (Phi) is 7.03. The number of hydrogen-bond donors (Lipinski definition) is 3. The molecule has 3 rings (SSSR count). The van der Waals surface area contributed by atoms with Crippen LogP contribution in [0.2, 0.25) is 0 Å². The molecule has 154 valence electrons. The second kappa shape index (κ2) is 9.69. The van der Waals surface area contributed by atoms with Crippen molar-refractivity contribution in [1.82, 2.24) is 10.3 Å². The van der Waals surface area contributed by atoms with Gasteiger partial charge in [-0.2, -0.15) is 0 Å². The van der Waals surface area contributed by atoms with Gasteiger partial charge in [-0.05, 0) is 42.0 Å². The van der Waals surface area contributed by atoms with Crippen LogP contribution in [0.5, 0.6) is 11.5 Å². The molecule has 0 radical (unpaired) electrons. The number of benzene rings is 2. The first-order valence-corrected chi connectivity index (χ1v) is 10.7. The summed E-state index contributed by atoms with van der Waals surface area (Å²) in [5.41, 5.74) is 1.55. The Bertz CT molecular complexity index is 1070. The van der Waals surface area contributed by atoms with Crippen molar-refractivity contribution in [3.05, 3.63) is 64.4 Å². The van der Waals surface area contributed by atoms with Crippen LogP contribution >= 0.6 is 0 Å². The number of fused-ring (bicyclic) bond motifs is 1. The lowest BCUT2D eigenvalue weighted by Gasteiger charge is -2.14. The van der Waals surface area contributed by atoms with Crippen LogP contribution < -0.4 is 20.3 Å². The van der Waals surface area contributed by atoms with E-state index in [0.717, 1.165) is 16.5 Å². The number of rotatable bonds is 9. The number of pyridine rings is 1. The topological polar surface area (TPSA) is 101 Å². The van der Waals surface area contributed by atoms with E-state index < -0.39 is 16.9 Å². The molecule has 2 aromatic carbocycles. The molecule has 2 unspecified atom stereocenters. The van der Waals surface area contributed by atoms with E-state index in [1.165, 1.54) is 6.07 Å². The lowest BCUT2D eigenvalue weighted by Crippen LogP contribution is -2.31. The number of hydrogen-bond acceptors (Lipinski definition) is 6. The molecule has 3 aromatic rings. The van der Waals surface area contributed by atoms with Gasteiger partial charge in [0.05, 0.1) is 22.8 Å². The summed E-state index contributed by atoms with van der Waals surface area (Å²) in [6, 6.07) is 14.0. The van der Waals surface area contributed by atoms with Gasteiger partial charge >= 0.3 is 0 Å². The van der Waals surface area contributed by atoms with E-state index >= 15 is 0 Å². The van der Waals surface area contributed by atoms with Crippen molar-refractivity contribution < 1.29 is 18.8 Å². The van der Waals surface area contributed by atoms with Crippen LogP contribution in [-0.4, -0.2) is 46.9 Å². The van der Waals surface area contributed by atoms with Crippen LogP contribution in [0.1, 0.15) is 5.56 Å². The Morgan fingerprint density at radius 3 is 2.76 bits per heavy atom. The molecular weight excluding hydrogens is 392 g/mol. The van der Waals surface area contributed by atoms with Crippen LogP contribution in [0.25, 0.3) is 10.9 Å². The molecule has 29 heavy (non-hydrogen) atoms. The minimum Gasteiger partial charge on any atom is -0.495 e. The van der Waals surface area contributed by atoms with E-state index in [1.54, 1.807) is 37.6 Å². The van der Waals surface area contributed by atoms with Crippen LogP contribution in [0, 0.1) is 0 Å². The van der Waals surface area contributed by atoms with Gasteiger partial charge in [-0.3, -0.25) is 9.00 Å². The van der Waals surface area contributed by atoms with Gasteiger partial charge in [0.15, 0.2) is 0 Å². The zero-order valence-corrected chi connectivity index (χ0v) is 17.1. The second-order valence-electron chi connectivity index (χ2n) is 6.61. The highest BCUT2D eigenvalue weighted by atomic mass is 32.2. The molecule has 7 nitrogen and oxygen atoms in total. The first-order valence-electron chi connectivity index (χ1n) is 9.11. The van der Waals surface area contributed by atoms with Gasteiger partial charge in [-0.1, -0.05) is 6.07 Å². The third-order valence-corrected chi connectivity index (χ3v) is 5.34. The molecule has 0 fully saturated rings. The van der Waals surface area contributed by atoms with Crippen LogP contribution in [0.3, 0.4) is 0 Å². The average Bonchev–Trinajstić information content (AvgIpc) is 2.71. The van der Waals surface area contributed by atoms with E-state index in [1.807, 2.05) is 18.2 Å². The van der Waals surface area contributed by atoms with Crippen molar-refractivity contribution in [2.24, 2.45) is 0 Å². The minimum absolute atomic E-state index is 0.138. The number of aliphatic hydroxyl groups excluding tert-OH is 1. The predicted molar refractivity (Wildman–Crippen MR) is 113 cm³/mol. The summed E-state index contributed by atoms with van der Waals surface area (Å²) in [7, 11) is 0.438. The van der Waals surface area contributed by atoms with E-state index in [0.29, 0.717) is 29.5 Å². The predicted octanol–water partition coefficient (Wildman–Crippen LogP) is 1.80. The number of aromatic nitrogens is 1. The summed E-state index contributed by atoms with van der Waals surface area (Å²) in [6.07, 6.45) is 0.923. The highest BCUT2D eigenvalue weighted by Gasteiger charge is 2.09. The molecule has 0 aliphatic carbocycles. The first-order chi connectivity index (χ1) is 14.0. The molecular formula is C21H24N2O5S. The molecule has 0 aliphatic rings. The molecule has 1 heterocycles. The number of aliphatic hydroxyl groups is 1. The largest absolute Gasteiger partial charge is 0.495 e. The molecule has 0 aliphatic heterocycles. The van der Waals surface area contributed by atoms with E-state index in [-0.39, 0.29) is 12.2 Å². The standard InChI is InChI=1S/C21H24N2O5S/c1-27-19-9-14(3-7-20(19)29(2)26)11-22-12-16(24)13-28-17-5-6-18-15(10-17)4-8-21(25)23-18/h3-10,16,22,24H,11-13H2,1-2H3,(H,23,25). The Morgan fingerprint density at radius 2 is 2.00 bits per heavy atom. The van der Waals surface area contributed by atoms with Crippen molar-refractivity contribution in [3.8, 4) is 11.5 Å². The van der Waals surface area contributed by atoms with Gasteiger partial charge in [-0.25, -0.2) is 0 Å². The Morgan fingerprint density at radius 1 is 1.17 bits per heavy atom. The monoisotopic (exact) mass is 416 g/mol. The van der Waals surface area contributed by atoms with Crippen molar-refractivity contribution >= 4 is 21.7 Å². The Labute approximate surface area is 171 Å². The third kappa shape index (κ3) is 5.66. The molecule has 1 aromatic heterocycles. The van der Waals surface area contributed by atoms with Crippen molar-refractivity contribution in [2.45, 2.75) is 17.5 Å². The molecule has 0 bridgehead atoms. The zero-order valence-electron chi connectivity index (χ0n) is 16.3.